The molecule has 2 rings (SSSR count). The highest BCUT2D eigenvalue weighted by molar-refractivity contribution is 5.90. The number of ether oxygens (including phenoxy) is 1. The predicted molar refractivity (Wildman–Crippen MR) is 78.1 cm³/mol. The molecule has 0 bridgehead atoms. The van der Waals surface area contributed by atoms with E-state index in [2.05, 4.69) is 10.2 Å². The fourth-order valence-electron chi connectivity index (χ4n) is 2.36. The average Bonchev–Trinajstić information content (AvgIpc) is 2.43. The molecule has 1 fully saturated rings. The van der Waals surface area contributed by atoms with Crippen LogP contribution >= 0.6 is 0 Å². The maximum Gasteiger partial charge on any atom is 0.338 e. The van der Waals surface area contributed by atoms with E-state index in [1.165, 1.54) is 0 Å². The Labute approximate surface area is 122 Å². The van der Waals surface area contributed by atoms with Gasteiger partial charge >= 0.3 is 5.97 Å². The van der Waals surface area contributed by atoms with E-state index in [0.29, 0.717) is 5.69 Å². The highest BCUT2D eigenvalue weighted by Crippen LogP contribution is 2.24. The largest absolute Gasteiger partial charge is 0.478 e. The van der Waals surface area contributed by atoms with E-state index in [9.17, 15) is 9.18 Å². The van der Waals surface area contributed by atoms with Gasteiger partial charge in [-0.25, -0.2) is 9.18 Å². The number of hydrogen-bond acceptors (Lipinski definition) is 5. The molecule has 1 heterocycles. The number of nitrogen functional groups attached to an aromatic ring is 1. The lowest BCUT2D eigenvalue weighted by atomic mass is 10.1. The molecule has 0 amide bonds. The van der Waals surface area contributed by atoms with Gasteiger partial charge in [0.2, 0.25) is 0 Å². The molecule has 1 aromatic carbocycles. The second kappa shape index (κ2) is 6.73. The van der Waals surface area contributed by atoms with Crippen molar-refractivity contribution in [1.82, 2.24) is 4.90 Å². The lowest BCUT2D eigenvalue weighted by Gasteiger charge is -2.30. The van der Waals surface area contributed by atoms with Crippen LogP contribution in [0, 0.1) is 5.82 Å². The maximum atomic E-state index is 13.7. The minimum atomic E-state index is -1.33. The molecule has 1 saturated heterocycles. The number of benzene rings is 1. The normalized spacial score (nSPS) is 17.4. The number of rotatable bonds is 5. The van der Waals surface area contributed by atoms with Crippen LogP contribution in [0.25, 0.3) is 0 Å². The number of nitrogens with zero attached hydrogens (tertiary/aromatic N) is 1. The van der Waals surface area contributed by atoms with Crippen molar-refractivity contribution in [3.8, 4) is 0 Å². The molecule has 1 aliphatic heterocycles. The fraction of sp³-hybridized carbons (Fsp3) is 0.500. The van der Waals surface area contributed by atoms with Crippen molar-refractivity contribution in [3.05, 3.63) is 23.5 Å². The molecule has 4 N–H and O–H groups in total. The van der Waals surface area contributed by atoms with Crippen molar-refractivity contribution in [1.29, 1.82) is 0 Å². The van der Waals surface area contributed by atoms with Crippen molar-refractivity contribution < 1.29 is 19.0 Å². The van der Waals surface area contributed by atoms with Crippen molar-refractivity contribution in [3.63, 3.8) is 0 Å². The standard InChI is InChI=1S/C14H20FN3O3/c1-9(8-18-2-4-21-5-3-18)17-13-7-11(15)10(14(19)20)6-12(13)16/h6-7,9,17H,2-5,8,16H2,1H3,(H,19,20). The number of morpholine rings is 1. The summed E-state index contributed by atoms with van der Waals surface area (Å²) in [5.74, 6) is -2.12. The summed E-state index contributed by atoms with van der Waals surface area (Å²) in [4.78, 5) is 13.1. The first-order valence-electron chi connectivity index (χ1n) is 6.86. The molecule has 0 saturated carbocycles. The molecule has 0 spiro atoms. The molecule has 0 radical (unpaired) electrons. The second-order valence-electron chi connectivity index (χ2n) is 5.18. The highest BCUT2D eigenvalue weighted by Gasteiger charge is 2.17. The first-order chi connectivity index (χ1) is 9.97. The van der Waals surface area contributed by atoms with Gasteiger partial charge in [0.15, 0.2) is 0 Å². The number of nitrogens with one attached hydrogen (secondary N) is 1. The van der Waals surface area contributed by atoms with Gasteiger partial charge in [-0.15, -0.1) is 0 Å². The van der Waals surface area contributed by atoms with Crippen molar-refractivity contribution in [2.45, 2.75) is 13.0 Å². The highest BCUT2D eigenvalue weighted by atomic mass is 19.1. The van der Waals surface area contributed by atoms with Gasteiger partial charge in [-0.1, -0.05) is 0 Å². The summed E-state index contributed by atoms with van der Waals surface area (Å²) in [6, 6.07) is 2.33. The third-order valence-electron chi connectivity index (χ3n) is 3.41. The summed E-state index contributed by atoms with van der Waals surface area (Å²) in [5, 5.41) is 12.0. The fourth-order valence-corrected chi connectivity index (χ4v) is 2.36. The summed E-state index contributed by atoms with van der Waals surface area (Å²) in [5.41, 5.74) is 6.01. The third kappa shape index (κ3) is 4.05. The van der Waals surface area contributed by atoms with Crippen LogP contribution in [0.15, 0.2) is 12.1 Å². The Balaban J connectivity index is 2.01. The van der Waals surface area contributed by atoms with Gasteiger partial charge in [0, 0.05) is 25.7 Å². The van der Waals surface area contributed by atoms with Crippen LogP contribution in [0.4, 0.5) is 15.8 Å². The quantitative estimate of drug-likeness (QED) is 0.709. The topological polar surface area (TPSA) is 87.8 Å². The van der Waals surface area contributed by atoms with E-state index in [1.807, 2.05) is 6.92 Å². The molecule has 1 atom stereocenters. The molecule has 1 aliphatic rings. The van der Waals surface area contributed by atoms with Crippen LogP contribution in [0.1, 0.15) is 17.3 Å². The van der Waals surface area contributed by atoms with Gasteiger partial charge in [-0.05, 0) is 19.1 Å². The number of carboxylic acid groups (broad SMARTS) is 1. The van der Waals surface area contributed by atoms with Crippen LogP contribution < -0.4 is 11.1 Å². The number of aromatic carboxylic acids is 1. The average molecular weight is 297 g/mol. The SMILES string of the molecule is CC(CN1CCOCC1)Nc1cc(F)c(C(=O)O)cc1N. The Morgan fingerprint density at radius 3 is 2.81 bits per heavy atom. The van der Waals surface area contributed by atoms with E-state index in [-0.39, 0.29) is 11.7 Å². The van der Waals surface area contributed by atoms with E-state index in [4.69, 9.17) is 15.6 Å². The molecule has 21 heavy (non-hydrogen) atoms. The summed E-state index contributed by atoms with van der Waals surface area (Å²) in [7, 11) is 0. The lowest BCUT2D eigenvalue weighted by molar-refractivity contribution is 0.0368. The molecular weight excluding hydrogens is 277 g/mol. The number of hydrogen-bond donors (Lipinski definition) is 3. The van der Waals surface area contributed by atoms with Gasteiger partial charge in [-0.3, -0.25) is 4.90 Å². The first kappa shape index (κ1) is 15.5. The van der Waals surface area contributed by atoms with Gasteiger partial charge in [0.05, 0.1) is 30.2 Å². The number of anilines is 2. The summed E-state index contributed by atoms with van der Waals surface area (Å²) < 4.78 is 19.0. The Hall–Kier alpha value is -1.86. The van der Waals surface area contributed by atoms with Crippen molar-refractivity contribution in [2.75, 3.05) is 43.9 Å². The van der Waals surface area contributed by atoms with Gasteiger partial charge in [-0.2, -0.15) is 0 Å². The van der Waals surface area contributed by atoms with Crippen LogP contribution in [0.2, 0.25) is 0 Å². The summed E-state index contributed by atoms with van der Waals surface area (Å²) in [6.07, 6.45) is 0. The van der Waals surface area contributed by atoms with E-state index < -0.39 is 17.3 Å². The molecular formula is C14H20FN3O3. The van der Waals surface area contributed by atoms with Crippen LogP contribution in [0.5, 0.6) is 0 Å². The third-order valence-corrected chi connectivity index (χ3v) is 3.41. The zero-order valence-electron chi connectivity index (χ0n) is 11.9. The van der Waals surface area contributed by atoms with Crippen molar-refractivity contribution in [2.24, 2.45) is 0 Å². The first-order valence-corrected chi connectivity index (χ1v) is 6.86. The molecule has 6 nitrogen and oxygen atoms in total. The Morgan fingerprint density at radius 2 is 2.19 bits per heavy atom. The Morgan fingerprint density at radius 1 is 1.52 bits per heavy atom. The maximum absolute atomic E-state index is 13.7. The number of halogens is 1. The molecule has 7 heteroatoms. The van der Waals surface area contributed by atoms with Crippen LogP contribution in [0.3, 0.4) is 0 Å². The molecule has 1 aromatic rings. The molecule has 0 aliphatic carbocycles. The monoisotopic (exact) mass is 297 g/mol. The van der Waals surface area contributed by atoms with Gasteiger partial charge in [0.25, 0.3) is 0 Å². The minimum Gasteiger partial charge on any atom is -0.478 e. The lowest BCUT2D eigenvalue weighted by Crippen LogP contribution is -2.42. The zero-order valence-corrected chi connectivity index (χ0v) is 11.9. The van der Waals surface area contributed by atoms with Crippen LogP contribution in [-0.4, -0.2) is 54.9 Å². The molecule has 0 aromatic heterocycles. The Bertz CT molecular complexity index is 518. The van der Waals surface area contributed by atoms with E-state index >= 15 is 0 Å². The molecule has 116 valence electrons. The van der Waals surface area contributed by atoms with Crippen LogP contribution in [-0.2, 0) is 4.74 Å². The summed E-state index contributed by atoms with van der Waals surface area (Å²) in [6.45, 7) is 5.93. The smallest absolute Gasteiger partial charge is 0.338 e. The Kier molecular flexibility index (Phi) is 4.98. The molecule has 1 unspecified atom stereocenters. The zero-order chi connectivity index (χ0) is 15.4. The number of carboxylic acids is 1. The summed E-state index contributed by atoms with van der Waals surface area (Å²) >= 11 is 0. The van der Waals surface area contributed by atoms with Crippen molar-refractivity contribution >= 4 is 17.3 Å². The predicted octanol–water partition coefficient (Wildman–Crippen LogP) is 1.24. The number of nitrogens with two attached hydrogens (primary N) is 1. The van der Waals surface area contributed by atoms with Gasteiger partial charge in [0.1, 0.15) is 5.82 Å². The number of carbonyl (C=O) groups is 1. The second-order valence-corrected chi connectivity index (χ2v) is 5.18. The van der Waals surface area contributed by atoms with Gasteiger partial charge < -0.3 is 20.9 Å². The minimum absolute atomic E-state index is 0.0560. The van der Waals surface area contributed by atoms with E-state index in [0.717, 1.165) is 45.0 Å². The van der Waals surface area contributed by atoms with E-state index in [1.54, 1.807) is 0 Å².